The minimum Gasteiger partial charge on any atom is -0.372 e. The molecule has 1 amide bonds. The predicted octanol–water partition coefficient (Wildman–Crippen LogP) is 2.54. The Kier molecular flexibility index (Phi) is 6.21. The first kappa shape index (κ1) is 20.2. The van der Waals surface area contributed by atoms with Crippen LogP contribution >= 0.6 is 0 Å². The van der Waals surface area contributed by atoms with Crippen LogP contribution in [0.3, 0.4) is 0 Å². The smallest absolute Gasteiger partial charge is 0.304 e. The lowest BCUT2D eigenvalue weighted by Gasteiger charge is -2.26. The third kappa shape index (κ3) is 4.63. The summed E-state index contributed by atoms with van der Waals surface area (Å²) in [7, 11) is -0.909. The second-order valence-corrected chi connectivity index (χ2v) is 8.99. The Morgan fingerprint density at radius 2 is 1.61 bits per heavy atom. The monoisotopic (exact) mass is 402 g/mol. The zero-order chi connectivity index (χ0) is 20.1. The summed E-state index contributed by atoms with van der Waals surface area (Å²) < 4.78 is 27.5. The van der Waals surface area contributed by atoms with Crippen molar-refractivity contribution in [3.05, 3.63) is 54.6 Å². The van der Waals surface area contributed by atoms with Gasteiger partial charge >= 0.3 is 10.2 Å². The Labute approximate surface area is 166 Å². The second kappa shape index (κ2) is 8.62. The number of para-hydroxylation sites is 1. The van der Waals surface area contributed by atoms with Gasteiger partial charge in [-0.05, 0) is 49.2 Å². The van der Waals surface area contributed by atoms with E-state index >= 15 is 0 Å². The van der Waals surface area contributed by atoms with Crippen molar-refractivity contribution in [3.63, 3.8) is 0 Å². The van der Waals surface area contributed by atoms with E-state index in [9.17, 15) is 13.2 Å². The Hall–Kier alpha value is -2.58. The first-order chi connectivity index (χ1) is 13.4. The molecule has 3 rings (SSSR count). The molecule has 1 fully saturated rings. The number of anilines is 3. The Balaban J connectivity index is 1.71. The van der Waals surface area contributed by atoms with E-state index in [0.717, 1.165) is 27.4 Å². The van der Waals surface area contributed by atoms with Crippen LogP contribution in [-0.4, -0.2) is 52.4 Å². The number of carbonyl (C=O) groups is 1. The molecule has 1 aliphatic rings. The Morgan fingerprint density at radius 3 is 2.18 bits per heavy atom. The SMILES string of the molecule is CN(C)S(=O)(=O)N(CC(=O)Nc1ccc(N2CCCC2)cc1)c1ccccc1. The molecule has 8 heteroatoms. The van der Waals surface area contributed by atoms with Crippen molar-refractivity contribution in [2.45, 2.75) is 12.8 Å². The minimum atomic E-state index is -3.80. The van der Waals surface area contributed by atoms with E-state index in [0.29, 0.717) is 11.4 Å². The number of hydrogen-bond acceptors (Lipinski definition) is 4. The van der Waals surface area contributed by atoms with Crippen molar-refractivity contribution < 1.29 is 13.2 Å². The van der Waals surface area contributed by atoms with Crippen LogP contribution in [0.4, 0.5) is 17.1 Å². The van der Waals surface area contributed by atoms with Crippen LogP contribution in [0, 0.1) is 0 Å². The van der Waals surface area contributed by atoms with Gasteiger partial charge in [-0.1, -0.05) is 18.2 Å². The molecule has 0 aromatic heterocycles. The molecule has 0 unspecified atom stereocenters. The fraction of sp³-hybridized carbons (Fsp3) is 0.350. The molecular formula is C20H26N4O3S. The molecule has 2 aromatic rings. The molecule has 0 saturated carbocycles. The lowest BCUT2D eigenvalue weighted by atomic mass is 10.2. The summed E-state index contributed by atoms with van der Waals surface area (Å²) in [6.07, 6.45) is 2.41. The van der Waals surface area contributed by atoms with Crippen LogP contribution < -0.4 is 14.5 Å². The molecule has 0 atom stereocenters. The second-order valence-electron chi connectivity index (χ2n) is 6.92. The molecule has 1 heterocycles. The Bertz CT molecular complexity index is 893. The zero-order valence-corrected chi connectivity index (χ0v) is 17.0. The number of nitrogens with one attached hydrogen (secondary N) is 1. The average molecular weight is 403 g/mol. The van der Waals surface area contributed by atoms with Gasteiger partial charge in [-0.25, -0.2) is 4.31 Å². The largest absolute Gasteiger partial charge is 0.372 e. The highest BCUT2D eigenvalue weighted by Gasteiger charge is 2.27. The molecule has 2 aromatic carbocycles. The summed E-state index contributed by atoms with van der Waals surface area (Å²) in [6, 6.07) is 16.3. The van der Waals surface area contributed by atoms with Crippen LogP contribution in [0.5, 0.6) is 0 Å². The van der Waals surface area contributed by atoms with Crippen LogP contribution in [0.15, 0.2) is 54.6 Å². The van der Waals surface area contributed by atoms with E-state index in [1.165, 1.54) is 26.9 Å². The minimum absolute atomic E-state index is 0.307. The van der Waals surface area contributed by atoms with Gasteiger partial charge in [0.1, 0.15) is 6.54 Å². The van der Waals surface area contributed by atoms with E-state index in [4.69, 9.17) is 0 Å². The van der Waals surface area contributed by atoms with Crippen LogP contribution in [0.1, 0.15) is 12.8 Å². The summed E-state index contributed by atoms with van der Waals surface area (Å²) in [6.45, 7) is 1.80. The van der Waals surface area contributed by atoms with Crippen molar-refractivity contribution in [1.29, 1.82) is 0 Å². The summed E-state index contributed by atoms with van der Waals surface area (Å²) >= 11 is 0. The predicted molar refractivity (Wildman–Crippen MR) is 113 cm³/mol. The van der Waals surface area contributed by atoms with Gasteiger partial charge in [0.2, 0.25) is 5.91 Å². The highest BCUT2D eigenvalue weighted by molar-refractivity contribution is 7.90. The molecular weight excluding hydrogens is 376 g/mol. The summed E-state index contributed by atoms with van der Waals surface area (Å²) in [4.78, 5) is 14.9. The third-order valence-corrected chi connectivity index (χ3v) is 6.51. The lowest BCUT2D eigenvalue weighted by Crippen LogP contribution is -2.44. The Morgan fingerprint density at radius 1 is 1.00 bits per heavy atom. The van der Waals surface area contributed by atoms with Gasteiger partial charge in [0.25, 0.3) is 0 Å². The number of rotatable bonds is 7. The van der Waals surface area contributed by atoms with Crippen molar-refractivity contribution >= 4 is 33.2 Å². The van der Waals surface area contributed by atoms with Gasteiger partial charge in [-0.2, -0.15) is 12.7 Å². The van der Waals surface area contributed by atoms with Crippen LogP contribution in [-0.2, 0) is 15.0 Å². The van der Waals surface area contributed by atoms with E-state index in [2.05, 4.69) is 10.2 Å². The first-order valence-corrected chi connectivity index (χ1v) is 10.7. The molecule has 0 bridgehead atoms. The fourth-order valence-electron chi connectivity index (χ4n) is 3.16. The summed E-state index contributed by atoms with van der Waals surface area (Å²) in [5.74, 6) is -0.400. The fourth-order valence-corrected chi connectivity index (χ4v) is 4.22. The normalized spacial score (nSPS) is 14.3. The van der Waals surface area contributed by atoms with Gasteiger partial charge in [0, 0.05) is 38.6 Å². The van der Waals surface area contributed by atoms with Crippen LogP contribution in [0.2, 0.25) is 0 Å². The van der Waals surface area contributed by atoms with Gasteiger partial charge in [-0.15, -0.1) is 0 Å². The zero-order valence-electron chi connectivity index (χ0n) is 16.2. The van der Waals surface area contributed by atoms with Crippen LogP contribution in [0.25, 0.3) is 0 Å². The topological polar surface area (TPSA) is 73.0 Å². The number of amides is 1. The molecule has 150 valence electrons. The van der Waals surface area contributed by atoms with Gasteiger partial charge in [0.05, 0.1) is 5.69 Å². The number of nitrogens with zero attached hydrogens (tertiary/aromatic N) is 3. The van der Waals surface area contributed by atoms with Crippen molar-refractivity contribution in [3.8, 4) is 0 Å². The van der Waals surface area contributed by atoms with E-state index in [1.807, 2.05) is 24.3 Å². The molecule has 0 aliphatic carbocycles. The highest BCUT2D eigenvalue weighted by Crippen LogP contribution is 2.23. The number of carbonyl (C=O) groups excluding carboxylic acids is 1. The number of hydrogen-bond donors (Lipinski definition) is 1. The van der Waals surface area contributed by atoms with Gasteiger partial charge < -0.3 is 10.2 Å². The summed E-state index contributed by atoms with van der Waals surface area (Å²) in [5.41, 5.74) is 2.22. The molecule has 0 radical (unpaired) electrons. The maximum Gasteiger partial charge on any atom is 0.304 e. The average Bonchev–Trinajstić information content (AvgIpc) is 3.22. The quantitative estimate of drug-likeness (QED) is 0.772. The van der Waals surface area contributed by atoms with Crippen molar-refractivity contribution in [2.24, 2.45) is 0 Å². The third-order valence-electron chi connectivity index (χ3n) is 4.69. The van der Waals surface area contributed by atoms with Crippen molar-refractivity contribution in [1.82, 2.24) is 4.31 Å². The van der Waals surface area contributed by atoms with E-state index < -0.39 is 16.1 Å². The van der Waals surface area contributed by atoms with Gasteiger partial charge in [0.15, 0.2) is 0 Å². The molecule has 28 heavy (non-hydrogen) atoms. The number of benzene rings is 2. The molecule has 1 aliphatic heterocycles. The van der Waals surface area contributed by atoms with E-state index in [1.54, 1.807) is 30.3 Å². The maximum atomic E-state index is 12.7. The van der Waals surface area contributed by atoms with Gasteiger partial charge in [-0.3, -0.25) is 4.79 Å². The lowest BCUT2D eigenvalue weighted by molar-refractivity contribution is -0.114. The highest BCUT2D eigenvalue weighted by atomic mass is 32.2. The molecule has 7 nitrogen and oxygen atoms in total. The molecule has 0 spiro atoms. The first-order valence-electron chi connectivity index (χ1n) is 9.28. The molecule has 1 N–H and O–H groups in total. The van der Waals surface area contributed by atoms with E-state index in [-0.39, 0.29) is 6.54 Å². The maximum absolute atomic E-state index is 12.7. The molecule has 1 saturated heterocycles. The van der Waals surface area contributed by atoms with Crippen molar-refractivity contribution in [2.75, 3.05) is 48.3 Å². The standard InChI is InChI=1S/C20H26N4O3S/c1-22(2)28(26,27)24(19-8-4-3-5-9-19)16-20(25)21-17-10-12-18(13-11-17)23-14-6-7-15-23/h3-5,8-13H,6-7,14-16H2,1-2H3,(H,21,25). The summed E-state index contributed by atoms with van der Waals surface area (Å²) in [5, 5.41) is 2.79.